The van der Waals surface area contributed by atoms with Gasteiger partial charge >= 0.3 is 54.7 Å². The summed E-state index contributed by atoms with van der Waals surface area (Å²) in [4.78, 5) is 0. The van der Waals surface area contributed by atoms with Gasteiger partial charge in [0, 0.05) is 0 Å². The van der Waals surface area contributed by atoms with Crippen molar-refractivity contribution in [2.24, 2.45) is 0 Å². The van der Waals surface area contributed by atoms with Gasteiger partial charge in [0.1, 0.15) is 0 Å². The molecule has 0 unspecified atom stereocenters. The van der Waals surface area contributed by atoms with Gasteiger partial charge in [-0.15, -0.1) is 0 Å². The van der Waals surface area contributed by atoms with Crippen LogP contribution in [0.5, 0.6) is 0 Å². The summed E-state index contributed by atoms with van der Waals surface area (Å²) in [7, 11) is 0. The molecule has 0 aliphatic rings. The zero-order valence-electron chi connectivity index (χ0n) is 11.1. The van der Waals surface area contributed by atoms with Gasteiger partial charge in [-0.05, 0) is 0 Å². The van der Waals surface area contributed by atoms with Crippen molar-refractivity contribution in [1.29, 1.82) is 0 Å². The average Bonchev–Trinajstić information content (AvgIpc) is 2.97. The molecule has 100 valence electrons. The van der Waals surface area contributed by atoms with Gasteiger partial charge in [-0.1, -0.05) is 0 Å². The SMILES string of the molecule is CC(C)[Si](C)=[Zr+2].[Cl-].[Cl-].c1cc[cH-]c1.c1cc[cH-]c1. The summed E-state index contributed by atoms with van der Waals surface area (Å²) in [5.74, 6) is 0. The second kappa shape index (κ2) is 17.4. The summed E-state index contributed by atoms with van der Waals surface area (Å²) >= 11 is 1.77. The van der Waals surface area contributed by atoms with Crippen molar-refractivity contribution >= 4 is 5.43 Å². The Morgan fingerprint density at radius 1 is 0.833 bits per heavy atom. The quantitative estimate of drug-likeness (QED) is 0.414. The Kier molecular flexibility index (Phi) is 22.7. The van der Waals surface area contributed by atoms with Crippen molar-refractivity contribution in [1.82, 2.24) is 0 Å². The van der Waals surface area contributed by atoms with E-state index in [0.29, 0.717) is 0 Å². The molecule has 0 spiro atoms. The van der Waals surface area contributed by atoms with Gasteiger partial charge in [-0.2, -0.15) is 36.4 Å². The van der Waals surface area contributed by atoms with E-state index in [0.717, 1.165) is 5.54 Å². The van der Waals surface area contributed by atoms with E-state index in [-0.39, 0.29) is 30.2 Å². The number of hydrogen-bond donors (Lipinski definition) is 0. The first kappa shape index (κ1) is 23.5. The molecule has 0 N–H and O–H groups in total. The van der Waals surface area contributed by atoms with E-state index >= 15 is 0 Å². The molecule has 4 heteroatoms. The summed E-state index contributed by atoms with van der Waals surface area (Å²) in [6.45, 7) is 7.00. The van der Waals surface area contributed by atoms with Crippen molar-refractivity contribution in [3.05, 3.63) is 60.7 Å². The maximum Gasteiger partial charge on any atom is -0.172 e. The summed E-state index contributed by atoms with van der Waals surface area (Å²) in [5.41, 5.74) is 1.13. The zero-order valence-corrected chi connectivity index (χ0v) is 16.1. The third-order valence-electron chi connectivity index (χ3n) is 1.98. The number of rotatable bonds is 1. The Morgan fingerprint density at radius 3 is 1.11 bits per heavy atom. The van der Waals surface area contributed by atoms with Gasteiger partial charge in [-0.25, -0.2) is 24.3 Å². The van der Waals surface area contributed by atoms with Crippen LogP contribution in [0.2, 0.25) is 12.1 Å². The minimum absolute atomic E-state index is 0. The van der Waals surface area contributed by atoms with Crippen LogP contribution in [0, 0.1) is 0 Å². The molecule has 0 aliphatic heterocycles. The summed E-state index contributed by atoms with van der Waals surface area (Å²) < 4.78 is 0. The topological polar surface area (TPSA) is 0 Å². The second-order valence-corrected chi connectivity index (χ2v) is 12.1. The van der Waals surface area contributed by atoms with Crippen LogP contribution in [0.15, 0.2) is 60.7 Å². The van der Waals surface area contributed by atoms with E-state index in [1.807, 2.05) is 60.7 Å². The van der Waals surface area contributed by atoms with Crippen LogP contribution in [-0.4, -0.2) is 5.43 Å². The molecule has 0 saturated carbocycles. The van der Waals surface area contributed by atoms with E-state index in [1.54, 1.807) is 23.3 Å². The van der Waals surface area contributed by atoms with Gasteiger partial charge in [0.25, 0.3) is 0 Å². The maximum atomic E-state index is 2.38. The monoisotopic (exact) mass is 376 g/mol. The van der Waals surface area contributed by atoms with Crippen molar-refractivity contribution < 1.29 is 48.1 Å². The molecule has 0 bridgehead atoms. The minimum atomic E-state index is 0. The van der Waals surface area contributed by atoms with Gasteiger partial charge in [0.15, 0.2) is 0 Å². The van der Waals surface area contributed by atoms with Crippen LogP contribution in [0.25, 0.3) is 0 Å². The van der Waals surface area contributed by atoms with Crippen LogP contribution in [0.1, 0.15) is 13.8 Å². The Balaban J connectivity index is -0.000000178. The number of halogens is 2. The molecule has 0 aromatic heterocycles. The van der Waals surface area contributed by atoms with E-state index < -0.39 is 0 Å². The molecular formula is C14H20Cl2SiZr-2. The average molecular weight is 379 g/mol. The van der Waals surface area contributed by atoms with Gasteiger partial charge < -0.3 is 24.8 Å². The molecule has 0 nitrogen and oxygen atoms in total. The van der Waals surface area contributed by atoms with Crippen LogP contribution in [0.3, 0.4) is 0 Å². The van der Waals surface area contributed by atoms with Crippen LogP contribution < -0.4 is 24.8 Å². The predicted octanol–water partition coefficient (Wildman–Crippen LogP) is -1.62. The second-order valence-electron chi connectivity index (χ2n) is 3.76. The third-order valence-corrected chi connectivity index (χ3v) is 7.97. The Bertz CT molecular complexity index is 268. The molecule has 2 rings (SSSR count). The van der Waals surface area contributed by atoms with Crippen molar-refractivity contribution in [3.63, 3.8) is 0 Å². The van der Waals surface area contributed by atoms with Gasteiger partial charge in [0.2, 0.25) is 0 Å². The summed E-state index contributed by atoms with van der Waals surface area (Å²) in [5, 5.41) is 0. The molecule has 0 aliphatic carbocycles. The predicted molar refractivity (Wildman–Crippen MR) is 70.8 cm³/mol. The fraction of sp³-hybridized carbons (Fsp3) is 0.286. The van der Waals surface area contributed by atoms with Gasteiger partial charge in [0.05, 0.1) is 0 Å². The Hall–Kier alpha value is 0.380. The van der Waals surface area contributed by atoms with Crippen LogP contribution in [-0.2, 0) is 23.3 Å². The van der Waals surface area contributed by atoms with Crippen molar-refractivity contribution in [2.75, 3.05) is 0 Å². The molecule has 0 atom stereocenters. The molecule has 0 radical (unpaired) electrons. The van der Waals surface area contributed by atoms with E-state index in [2.05, 4.69) is 20.4 Å². The smallest absolute Gasteiger partial charge is 0.172 e. The molecule has 2 aromatic rings. The fourth-order valence-electron chi connectivity index (χ4n) is 0.642. The largest absolute Gasteiger partial charge is 1.00 e. The molecule has 0 heterocycles. The Labute approximate surface area is 139 Å². The van der Waals surface area contributed by atoms with E-state index in [9.17, 15) is 0 Å². The van der Waals surface area contributed by atoms with Crippen molar-refractivity contribution in [2.45, 2.75) is 25.9 Å². The summed E-state index contributed by atoms with van der Waals surface area (Å²) in [6.07, 6.45) is 0. The maximum absolute atomic E-state index is 2.38. The third kappa shape index (κ3) is 18.7. The molecule has 0 fully saturated rings. The molecule has 0 saturated heterocycles. The first-order valence-corrected chi connectivity index (χ1v) is 11.3. The van der Waals surface area contributed by atoms with E-state index in [4.69, 9.17) is 0 Å². The standard InChI is InChI=1S/2C5H5.C4H10Si.2ClH.Zr/c2*1-2-4-5-3-1;1-4(2)5-3;;;/h2*1-5H;4H,1-3H3;2*1H;/q2*-1;;;;+2/p-2. The fourth-order valence-corrected chi connectivity index (χ4v) is 0.642. The first-order chi connectivity index (χ1) is 7.64. The molecule has 18 heavy (non-hydrogen) atoms. The normalized spacial score (nSPS) is 7.67. The zero-order chi connectivity index (χ0) is 12.2. The molecule has 0 amide bonds. The van der Waals surface area contributed by atoms with Crippen LogP contribution >= 0.6 is 0 Å². The summed E-state index contributed by atoms with van der Waals surface area (Å²) in [6, 6.07) is 20.0. The Morgan fingerprint density at radius 2 is 1.06 bits per heavy atom. The molecular weight excluding hydrogens is 358 g/mol. The van der Waals surface area contributed by atoms with Gasteiger partial charge in [-0.3, -0.25) is 0 Å². The van der Waals surface area contributed by atoms with Crippen LogP contribution in [0.4, 0.5) is 0 Å². The molecule has 2 aromatic carbocycles. The first-order valence-electron chi connectivity index (χ1n) is 5.53. The van der Waals surface area contributed by atoms with Crippen molar-refractivity contribution in [3.8, 4) is 0 Å². The minimum Gasteiger partial charge on any atom is -1.00 e. The number of hydrogen-bond acceptors (Lipinski definition) is 0. The van der Waals surface area contributed by atoms with E-state index in [1.165, 1.54) is 0 Å².